The van der Waals surface area contributed by atoms with Gasteiger partial charge in [-0.25, -0.2) is 0 Å². The highest BCUT2D eigenvalue weighted by molar-refractivity contribution is 6.14. The molecule has 304 valence electrons. The summed E-state index contributed by atoms with van der Waals surface area (Å²) in [6.45, 7) is 4.44. The number of hydrogen-bond donors (Lipinski definition) is 0. The topological polar surface area (TPSA) is 43.6 Å². The second-order valence-corrected chi connectivity index (χ2v) is 16.6. The minimum Gasteiger partial charge on any atom is -0.456 e. The fourth-order valence-corrected chi connectivity index (χ4v) is 9.27. The van der Waals surface area contributed by atoms with Crippen LogP contribution in [-0.4, -0.2) is 10.3 Å². The predicted octanol–water partition coefficient (Wildman–Crippen LogP) is 16.8. The zero-order valence-corrected chi connectivity index (χ0v) is 35.5. The minimum atomic E-state index is 0.793. The van der Waals surface area contributed by atoms with Crippen LogP contribution in [0.5, 0.6) is 0 Å². The van der Waals surface area contributed by atoms with Gasteiger partial charge in [-0.05, 0) is 109 Å². The molecule has 0 radical (unpaired) electrons. The average molecular weight is 815 g/mol. The summed E-state index contributed by atoms with van der Waals surface area (Å²) in [6.07, 6.45) is 8.18. The largest absolute Gasteiger partial charge is 0.456 e. The van der Waals surface area contributed by atoms with Gasteiger partial charge in [-0.2, -0.15) is 0 Å². The standard InChI is InChI=1S/C59H46N2O2/c1-3-4-23-52(60-51(41-16-7-5-8-17-41)34-27-39(2)35-40-28-31-48-47-21-12-14-25-55(47)62-57(48)36-40)49-22-15-26-56-59(49)50-33-30-43(38-58(50)63-56)42-29-32-46-45-20-11-13-24-53(45)61(54(46)37-42)44-18-9-6-10-19-44/h5-26,28-33,35-38H,3-4,27,34H2,1-2H3/b39-35-,52-23-,60-51+. The Hall–Kier alpha value is -7.69. The van der Waals surface area contributed by atoms with Crippen LogP contribution in [0.3, 0.4) is 0 Å². The normalized spacial score (nSPS) is 12.8. The van der Waals surface area contributed by atoms with E-state index in [-0.39, 0.29) is 0 Å². The third-order valence-electron chi connectivity index (χ3n) is 12.4. The van der Waals surface area contributed by atoms with E-state index in [1.165, 1.54) is 27.4 Å². The van der Waals surface area contributed by atoms with Gasteiger partial charge in [-0.3, -0.25) is 4.99 Å². The third kappa shape index (κ3) is 7.14. The lowest BCUT2D eigenvalue weighted by atomic mass is 9.98. The molecule has 3 aromatic heterocycles. The lowest BCUT2D eigenvalue weighted by Gasteiger charge is -2.12. The molecule has 0 bridgehead atoms. The van der Waals surface area contributed by atoms with Gasteiger partial charge in [0.1, 0.15) is 22.3 Å². The van der Waals surface area contributed by atoms with Crippen LogP contribution in [0.25, 0.3) is 94.3 Å². The van der Waals surface area contributed by atoms with Crippen LogP contribution in [-0.2, 0) is 0 Å². The number of aliphatic imine (C=N–C) groups is 1. The van der Waals surface area contributed by atoms with Crippen molar-refractivity contribution in [3.05, 3.63) is 210 Å². The first-order valence-corrected chi connectivity index (χ1v) is 22.1. The molecule has 3 heterocycles. The van der Waals surface area contributed by atoms with Crippen molar-refractivity contribution < 1.29 is 8.83 Å². The van der Waals surface area contributed by atoms with E-state index in [0.717, 1.165) is 114 Å². The molecule has 4 heteroatoms. The molecule has 0 spiro atoms. The van der Waals surface area contributed by atoms with Gasteiger partial charge in [0.25, 0.3) is 0 Å². The van der Waals surface area contributed by atoms with Crippen molar-refractivity contribution in [2.75, 3.05) is 0 Å². The fourth-order valence-electron chi connectivity index (χ4n) is 9.27. The Balaban J connectivity index is 0.954. The number of furan rings is 2. The molecular weight excluding hydrogens is 769 g/mol. The molecule has 11 aromatic rings. The van der Waals surface area contributed by atoms with Crippen LogP contribution in [0.2, 0.25) is 0 Å². The van der Waals surface area contributed by atoms with Gasteiger partial charge in [-0.15, -0.1) is 0 Å². The molecule has 0 fully saturated rings. The van der Waals surface area contributed by atoms with Crippen molar-refractivity contribution in [1.82, 2.24) is 4.57 Å². The van der Waals surface area contributed by atoms with Crippen molar-refractivity contribution in [1.29, 1.82) is 0 Å². The SMILES string of the molecule is CCC/C=C(\N=C(/CC/C(C)=C\c1ccc2c(c1)oc1ccccc12)c1ccccc1)c1cccc2oc3cc(-c4ccc5c6ccccc6n(-c6ccccc6)c5c4)ccc3c12. The van der Waals surface area contributed by atoms with Crippen LogP contribution in [0.1, 0.15) is 56.2 Å². The maximum Gasteiger partial charge on any atom is 0.136 e. The third-order valence-corrected chi connectivity index (χ3v) is 12.4. The van der Waals surface area contributed by atoms with Crippen molar-refractivity contribution in [3.63, 3.8) is 0 Å². The minimum absolute atomic E-state index is 0.793. The number of unbranched alkanes of at least 4 members (excludes halogenated alkanes) is 1. The fraction of sp³-hybridized carbons (Fsp3) is 0.102. The zero-order chi connectivity index (χ0) is 42.3. The lowest BCUT2D eigenvalue weighted by molar-refractivity contribution is 0.668. The first-order chi connectivity index (χ1) is 31.1. The maximum absolute atomic E-state index is 6.71. The van der Waals surface area contributed by atoms with Crippen molar-refractivity contribution >= 4 is 83.2 Å². The molecule has 0 aliphatic carbocycles. The number of fused-ring (bicyclic) bond motifs is 9. The number of rotatable bonds is 11. The van der Waals surface area contributed by atoms with Crippen LogP contribution >= 0.6 is 0 Å². The Morgan fingerprint density at radius 1 is 0.540 bits per heavy atom. The second kappa shape index (κ2) is 16.3. The smallest absolute Gasteiger partial charge is 0.136 e. The number of aromatic nitrogens is 1. The van der Waals surface area contributed by atoms with E-state index in [1.54, 1.807) is 0 Å². The first kappa shape index (κ1) is 38.2. The van der Waals surface area contributed by atoms with Gasteiger partial charge in [0, 0.05) is 49.3 Å². The van der Waals surface area contributed by atoms with Crippen molar-refractivity contribution in [3.8, 4) is 16.8 Å². The number of allylic oxidation sites excluding steroid dienone is 2. The molecule has 4 nitrogen and oxygen atoms in total. The molecule has 0 unspecified atom stereocenters. The zero-order valence-electron chi connectivity index (χ0n) is 35.5. The first-order valence-electron chi connectivity index (χ1n) is 22.1. The number of benzene rings is 8. The van der Waals surface area contributed by atoms with Gasteiger partial charge in [0.15, 0.2) is 0 Å². The monoisotopic (exact) mass is 814 g/mol. The van der Waals surface area contributed by atoms with E-state index < -0.39 is 0 Å². The summed E-state index contributed by atoms with van der Waals surface area (Å²) in [5, 5.41) is 6.96. The lowest BCUT2D eigenvalue weighted by Crippen LogP contribution is -2.02. The summed E-state index contributed by atoms with van der Waals surface area (Å²) in [7, 11) is 0. The van der Waals surface area contributed by atoms with Crippen LogP contribution < -0.4 is 0 Å². The summed E-state index contributed by atoms with van der Waals surface area (Å²) in [5.74, 6) is 0. The maximum atomic E-state index is 6.71. The molecule has 0 aliphatic rings. The molecule has 0 saturated carbocycles. The summed E-state index contributed by atoms with van der Waals surface area (Å²) >= 11 is 0. The molecule has 0 aliphatic heterocycles. The Kier molecular flexibility index (Phi) is 9.90. The van der Waals surface area contributed by atoms with Gasteiger partial charge >= 0.3 is 0 Å². The molecule has 0 N–H and O–H groups in total. The average Bonchev–Trinajstić information content (AvgIpc) is 4.00. The summed E-state index contributed by atoms with van der Waals surface area (Å²) in [4.78, 5) is 5.57. The molecule has 8 aromatic carbocycles. The highest BCUT2D eigenvalue weighted by Gasteiger charge is 2.18. The highest BCUT2D eigenvalue weighted by atomic mass is 16.3. The summed E-state index contributed by atoms with van der Waals surface area (Å²) in [5.41, 5.74) is 16.0. The Morgan fingerprint density at radius 2 is 1.19 bits per heavy atom. The molecule has 63 heavy (non-hydrogen) atoms. The Labute approximate surface area is 366 Å². The van der Waals surface area contributed by atoms with Gasteiger partial charge in [0.2, 0.25) is 0 Å². The summed E-state index contributed by atoms with van der Waals surface area (Å²) in [6, 6.07) is 64.5. The second-order valence-electron chi connectivity index (χ2n) is 16.6. The molecule has 0 amide bonds. The van der Waals surface area contributed by atoms with E-state index in [2.05, 4.69) is 200 Å². The summed E-state index contributed by atoms with van der Waals surface area (Å²) < 4.78 is 15.3. The van der Waals surface area contributed by atoms with Gasteiger partial charge in [-0.1, -0.05) is 152 Å². The van der Waals surface area contributed by atoms with Crippen LogP contribution in [0.4, 0.5) is 0 Å². The quantitative estimate of drug-likeness (QED) is 0.122. The highest BCUT2D eigenvalue weighted by Crippen LogP contribution is 2.40. The van der Waals surface area contributed by atoms with Crippen molar-refractivity contribution in [2.45, 2.75) is 39.5 Å². The number of hydrogen-bond acceptors (Lipinski definition) is 3. The molecule has 11 rings (SSSR count). The van der Waals surface area contributed by atoms with E-state index in [0.29, 0.717) is 0 Å². The van der Waals surface area contributed by atoms with E-state index in [1.807, 2.05) is 12.1 Å². The molecule has 0 saturated heterocycles. The van der Waals surface area contributed by atoms with Crippen molar-refractivity contribution in [2.24, 2.45) is 4.99 Å². The number of para-hydroxylation sites is 3. The molecule has 0 atom stereocenters. The van der Waals surface area contributed by atoms with Gasteiger partial charge in [0.05, 0.1) is 16.7 Å². The molecular formula is C59H46N2O2. The van der Waals surface area contributed by atoms with E-state index in [9.17, 15) is 0 Å². The Morgan fingerprint density at radius 3 is 2.03 bits per heavy atom. The predicted molar refractivity (Wildman–Crippen MR) is 266 cm³/mol. The van der Waals surface area contributed by atoms with Crippen LogP contribution in [0, 0.1) is 0 Å². The Bertz CT molecular complexity index is 3580. The van der Waals surface area contributed by atoms with Crippen LogP contribution in [0.15, 0.2) is 207 Å². The van der Waals surface area contributed by atoms with E-state index >= 15 is 0 Å². The van der Waals surface area contributed by atoms with Gasteiger partial charge < -0.3 is 13.4 Å². The van der Waals surface area contributed by atoms with E-state index in [4.69, 9.17) is 13.8 Å². The number of nitrogens with zero attached hydrogens (tertiary/aromatic N) is 2.